The molecule has 0 bridgehead atoms. The van der Waals surface area contributed by atoms with Crippen LogP contribution in [0.4, 0.5) is 0 Å². The zero-order chi connectivity index (χ0) is 18.4. The molecule has 2 N–H and O–H groups in total. The third-order valence-corrected chi connectivity index (χ3v) is 4.27. The fourth-order valence-corrected chi connectivity index (χ4v) is 2.77. The predicted molar refractivity (Wildman–Crippen MR) is 104 cm³/mol. The van der Waals surface area contributed by atoms with E-state index in [0.717, 1.165) is 5.69 Å². The number of carbonyl (C=O) groups is 2. The van der Waals surface area contributed by atoms with Crippen LogP contribution in [0, 0.1) is 0 Å². The Morgan fingerprint density at radius 3 is 2.08 bits per heavy atom. The van der Waals surface area contributed by atoms with Crippen molar-refractivity contribution in [3.8, 4) is 5.69 Å². The molecule has 0 fully saturated rings. The quantitative estimate of drug-likeness (QED) is 0.465. The molecule has 0 saturated carbocycles. The lowest BCUT2D eigenvalue weighted by Gasteiger charge is -2.09. The highest BCUT2D eigenvalue weighted by Crippen LogP contribution is 2.12. The standard InChI is InChI=1S/C20H19N3O2S/c24-19(15-7-9-16(10-8-15)23-13-3-4-14-23)21-11-12-22-20(25)17-5-1-2-6-18(17)26/h1-10,13-14,26H,11-12H2,(H,21,24)(H,22,25). The van der Waals surface area contributed by atoms with Crippen LogP contribution in [0.25, 0.3) is 5.69 Å². The molecule has 0 radical (unpaired) electrons. The second-order valence-corrected chi connectivity index (χ2v) is 6.15. The normalized spacial score (nSPS) is 10.3. The van der Waals surface area contributed by atoms with Crippen LogP contribution in [-0.4, -0.2) is 29.5 Å². The zero-order valence-electron chi connectivity index (χ0n) is 14.1. The lowest BCUT2D eigenvalue weighted by molar-refractivity contribution is 0.0926. The first-order valence-electron chi connectivity index (χ1n) is 8.23. The molecule has 0 aliphatic heterocycles. The van der Waals surface area contributed by atoms with Gasteiger partial charge in [0.1, 0.15) is 0 Å². The van der Waals surface area contributed by atoms with Crippen LogP contribution >= 0.6 is 12.6 Å². The molecule has 1 aromatic heterocycles. The first kappa shape index (κ1) is 17.8. The molecule has 6 heteroatoms. The van der Waals surface area contributed by atoms with Gasteiger partial charge >= 0.3 is 0 Å². The molecule has 2 aromatic carbocycles. The number of carbonyl (C=O) groups excluding carboxylic acids is 2. The van der Waals surface area contributed by atoms with Gasteiger partial charge in [0.15, 0.2) is 0 Å². The molecule has 0 atom stereocenters. The van der Waals surface area contributed by atoms with Crippen molar-refractivity contribution in [3.63, 3.8) is 0 Å². The van der Waals surface area contributed by atoms with E-state index in [0.29, 0.717) is 29.1 Å². The van der Waals surface area contributed by atoms with Crippen molar-refractivity contribution in [3.05, 3.63) is 84.2 Å². The van der Waals surface area contributed by atoms with Gasteiger partial charge in [0.2, 0.25) is 0 Å². The van der Waals surface area contributed by atoms with Crippen molar-refractivity contribution < 1.29 is 9.59 Å². The van der Waals surface area contributed by atoms with Crippen LogP contribution in [-0.2, 0) is 0 Å². The van der Waals surface area contributed by atoms with Gasteiger partial charge in [0, 0.05) is 41.6 Å². The van der Waals surface area contributed by atoms with E-state index in [4.69, 9.17) is 0 Å². The average molecular weight is 365 g/mol. The number of benzene rings is 2. The van der Waals surface area contributed by atoms with E-state index in [-0.39, 0.29) is 11.8 Å². The van der Waals surface area contributed by atoms with Crippen LogP contribution in [0.1, 0.15) is 20.7 Å². The summed E-state index contributed by atoms with van der Waals surface area (Å²) in [4.78, 5) is 24.8. The second-order valence-electron chi connectivity index (χ2n) is 5.67. The Labute approximate surface area is 157 Å². The van der Waals surface area contributed by atoms with Crippen LogP contribution in [0.2, 0.25) is 0 Å². The minimum Gasteiger partial charge on any atom is -0.350 e. The summed E-state index contributed by atoms with van der Waals surface area (Å²) in [6, 6.07) is 18.3. The van der Waals surface area contributed by atoms with Gasteiger partial charge in [-0.25, -0.2) is 0 Å². The molecule has 0 spiro atoms. The second kappa shape index (κ2) is 8.40. The Morgan fingerprint density at radius 2 is 1.42 bits per heavy atom. The maximum atomic E-state index is 12.2. The fraction of sp³-hybridized carbons (Fsp3) is 0.100. The lowest BCUT2D eigenvalue weighted by atomic mass is 10.2. The van der Waals surface area contributed by atoms with E-state index in [2.05, 4.69) is 23.3 Å². The van der Waals surface area contributed by atoms with Gasteiger partial charge in [0.25, 0.3) is 11.8 Å². The molecule has 132 valence electrons. The van der Waals surface area contributed by atoms with Crippen molar-refractivity contribution in [1.29, 1.82) is 0 Å². The Balaban J connectivity index is 1.47. The Kier molecular flexibility index (Phi) is 5.76. The van der Waals surface area contributed by atoms with Crippen molar-refractivity contribution in [1.82, 2.24) is 15.2 Å². The summed E-state index contributed by atoms with van der Waals surface area (Å²) in [5, 5.41) is 5.56. The summed E-state index contributed by atoms with van der Waals surface area (Å²) in [6.07, 6.45) is 3.89. The number of hydrogen-bond acceptors (Lipinski definition) is 3. The van der Waals surface area contributed by atoms with E-state index < -0.39 is 0 Å². The van der Waals surface area contributed by atoms with Gasteiger partial charge in [0.05, 0.1) is 5.56 Å². The number of aromatic nitrogens is 1. The summed E-state index contributed by atoms with van der Waals surface area (Å²) in [7, 11) is 0. The van der Waals surface area contributed by atoms with Crippen molar-refractivity contribution in [2.45, 2.75) is 4.90 Å². The van der Waals surface area contributed by atoms with Gasteiger partial charge in [-0.2, -0.15) is 0 Å². The molecule has 2 amide bonds. The molecule has 0 saturated heterocycles. The Hall–Kier alpha value is -2.99. The van der Waals surface area contributed by atoms with E-state index in [1.807, 2.05) is 47.3 Å². The molecular weight excluding hydrogens is 346 g/mol. The topological polar surface area (TPSA) is 63.1 Å². The smallest absolute Gasteiger partial charge is 0.252 e. The number of nitrogens with one attached hydrogen (secondary N) is 2. The van der Waals surface area contributed by atoms with E-state index >= 15 is 0 Å². The first-order chi connectivity index (χ1) is 12.6. The molecule has 26 heavy (non-hydrogen) atoms. The molecule has 3 aromatic rings. The van der Waals surface area contributed by atoms with E-state index in [1.54, 1.807) is 30.3 Å². The van der Waals surface area contributed by atoms with Crippen LogP contribution in [0.3, 0.4) is 0 Å². The molecule has 1 heterocycles. The van der Waals surface area contributed by atoms with Crippen LogP contribution in [0.15, 0.2) is 78.0 Å². The van der Waals surface area contributed by atoms with E-state index in [1.165, 1.54) is 0 Å². The van der Waals surface area contributed by atoms with Crippen LogP contribution in [0.5, 0.6) is 0 Å². The van der Waals surface area contributed by atoms with E-state index in [9.17, 15) is 9.59 Å². The van der Waals surface area contributed by atoms with Crippen LogP contribution < -0.4 is 10.6 Å². The molecule has 3 rings (SSSR count). The molecule has 0 aliphatic carbocycles. The van der Waals surface area contributed by atoms with Crippen molar-refractivity contribution >= 4 is 24.4 Å². The van der Waals surface area contributed by atoms with Gasteiger partial charge in [-0.1, -0.05) is 12.1 Å². The minimum atomic E-state index is -0.207. The third-order valence-electron chi connectivity index (χ3n) is 3.88. The molecule has 0 aliphatic rings. The Morgan fingerprint density at radius 1 is 0.808 bits per heavy atom. The summed E-state index contributed by atoms with van der Waals surface area (Å²) < 4.78 is 1.97. The molecular formula is C20H19N3O2S. The number of amides is 2. The van der Waals surface area contributed by atoms with Gasteiger partial charge in [-0.15, -0.1) is 12.6 Å². The van der Waals surface area contributed by atoms with Gasteiger partial charge in [-0.05, 0) is 48.5 Å². The zero-order valence-corrected chi connectivity index (χ0v) is 14.9. The summed E-state index contributed by atoms with van der Waals surface area (Å²) in [6.45, 7) is 0.687. The fourth-order valence-electron chi connectivity index (χ4n) is 2.51. The number of thiol groups is 1. The highest BCUT2D eigenvalue weighted by molar-refractivity contribution is 7.80. The number of hydrogen-bond donors (Lipinski definition) is 3. The predicted octanol–water partition coefficient (Wildman–Crippen LogP) is 2.93. The highest BCUT2D eigenvalue weighted by atomic mass is 32.1. The Bertz CT molecular complexity index is 890. The highest BCUT2D eigenvalue weighted by Gasteiger charge is 2.09. The number of rotatable bonds is 6. The lowest BCUT2D eigenvalue weighted by Crippen LogP contribution is -2.34. The van der Waals surface area contributed by atoms with Crippen molar-refractivity contribution in [2.24, 2.45) is 0 Å². The average Bonchev–Trinajstić information content (AvgIpc) is 3.20. The first-order valence-corrected chi connectivity index (χ1v) is 8.67. The monoisotopic (exact) mass is 365 g/mol. The molecule has 0 unspecified atom stereocenters. The van der Waals surface area contributed by atoms with Crippen molar-refractivity contribution in [2.75, 3.05) is 13.1 Å². The SMILES string of the molecule is O=C(NCCNC(=O)c1ccccc1S)c1ccc(-n2cccc2)cc1. The largest absolute Gasteiger partial charge is 0.350 e. The maximum Gasteiger partial charge on any atom is 0.252 e. The summed E-state index contributed by atoms with van der Waals surface area (Å²) in [5.74, 6) is -0.381. The van der Waals surface area contributed by atoms with Gasteiger partial charge < -0.3 is 15.2 Å². The molecule has 5 nitrogen and oxygen atoms in total. The summed E-state index contributed by atoms with van der Waals surface area (Å²) in [5.41, 5.74) is 2.08. The minimum absolute atomic E-state index is 0.173. The maximum absolute atomic E-state index is 12.2. The van der Waals surface area contributed by atoms with Gasteiger partial charge in [-0.3, -0.25) is 9.59 Å². The summed E-state index contributed by atoms with van der Waals surface area (Å²) >= 11 is 4.26. The third kappa shape index (κ3) is 4.34. The number of nitrogens with zero attached hydrogens (tertiary/aromatic N) is 1.